The predicted molar refractivity (Wildman–Crippen MR) is 192 cm³/mol. The molecule has 57 heavy (non-hydrogen) atoms. The lowest BCUT2D eigenvalue weighted by Crippen LogP contribution is -2.41. The van der Waals surface area contributed by atoms with E-state index in [1.165, 1.54) is 18.3 Å². The second-order valence-electron chi connectivity index (χ2n) is 12.3. The summed E-state index contributed by atoms with van der Waals surface area (Å²) in [5, 5.41) is 26.9. The van der Waals surface area contributed by atoms with Crippen LogP contribution in [-0.4, -0.2) is 79.4 Å². The summed E-state index contributed by atoms with van der Waals surface area (Å²) >= 11 is 6.37. The first kappa shape index (κ1) is 43.5. The highest BCUT2D eigenvalue weighted by molar-refractivity contribution is 6.32. The molecule has 0 unspecified atom stereocenters. The van der Waals surface area contributed by atoms with Gasteiger partial charge in [0.25, 0.3) is 0 Å². The molecule has 6 rings (SSSR count). The van der Waals surface area contributed by atoms with Crippen LogP contribution in [0.2, 0.25) is 5.02 Å². The summed E-state index contributed by atoms with van der Waals surface area (Å²) in [6.45, 7) is 1.06. The van der Waals surface area contributed by atoms with Gasteiger partial charge in [0.2, 0.25) is 11.9 Å². The van der Waals surface area contributed by atoms with Gasteiger partial charge in [-0.1, -0.05) is 17.7 Å². The molecular formula is C35H32ClF7N8O6. The van der Waals surface area contributed by atoms with Crippen LogP contribution in [0, 0.1) is 11.7 Å². The number of rotatable bonds is 4. The second-order valence-corrected chi connectivity index (χ2v) is 12.7. The zero-order valence-corrected chi connectivity index (χ0v) is 30.0. The van der Waals surface area contributed by atoms with Crippen molar-refractivity contribution in [3.05, 3.63) is 89.1 Å². The number of piperidine rings is 1. The fourth-order valence-corrected chi connectivity index (χ4v) is 5.46. The molecule has 2 aromatic heterocycles. The van der Waals surface area contributed by atoms with Crippen LogP contribution in [-0.2, 0) is 27.2 Å². The molecule has 4 heterocycles. The van der Waals surface area contributed by atoms with E-state index in [1.807, 2.05) is 30.5 Å². The van der Waals surface area contributed by atoms with Crippen molar-refractivity contribution in [1.29, 1.82) is 0 Å². The Bertz CT molecular complexity index is 2060. The van der Waals surface area contributed by atoms with Gasteiger partial charge >= 0.3 is 30.3 Å². The van der Waals surface area contributed by atoms with E-state index in [1.54, 1.807) is 23.2 Å². The van der Waals surface area contributed by atoms with Gasteiger partial charge in [0.15, 0.2) is 5.82 Å². The number of nitrogens with zero attached hydrogens (tertiary/aromatic N) is 4. The van der Waals surface area contributed by atoms with Crippen molar-refractivity contribution in [2.24, 2.45) is 5.92 Å². The standard InChI is InChI=1S/C31H30ClFN8O2.2C2HF3O2/c32-26-18-35-30-37-25-12-20(16-34-17-25)4-5-21-14-24(36-29(26)40-30)6-7-27(21)39-28(42)13-19-8-10-41(11-9-19)31(43)38-23-3-1-2-22(33)15-23;2*3-2(4,5)1(6)7/h1-3,6-7,12,14-19H,4-5,8-11,13H2,(H,38,43)(H,39,42)(H2,35,36,37,40);2*(H,6,7). The topological polar surface area (TPSA) is 199 Å². The molecule has 1 saturated heterocycles. The smallest absolute Gasteiger partial charge is 0.475 e. The number of hydrogen-bond acceptors (Lipinski definition) is 9. The molecule has 0 radical (unpaired) electrons. The van der Waals surface area contributed by atoms with Gasteiger partial charge in [-0.15, -0.1) is 0 Å². The van der Waals surface area contributed by atoms with Crippen LogP contribution >= 0.6 is 11.6 Å². The number of carbonyl (C=O) groups excluding carboxylic acids is 2. The Labute approximate surface area is 323 Å². The Morgan fingerprint density at radius 1 is 0.842 bits per heavy atom. The van der Waals surface area contributed by atoms with Gasteiger partial charge in [-0.2, -0.15) is 31.3 Å². The maximum atomic E-state index is 13.5. The first-order valence-corrected chi connectivity index (χ1v) is 17.0. The van der Waals surface area contributed by atoms with E-state index in [-0.39, 0.29) is 17.9 Å². The van der Waals surface area contributed by atoms with Gasteiger partial charge in [0.1, 0.15) is 10.8 Å². The minimum Gasteiger partial charge on any atom is -0.475 e. The number of amides is 3. The number of urea groups is 1. The number of anilines is 6. The number of alkyl halides is 6. The normalized spacial score (nSPS) is 13.9. The highest BCUT2D eigenvalue weighted by Gasteiger charge is 2.39. The minimum absolute atomic E-state index is 0.0705. The molecule has 0 aliphatic carbocycles. The maximum absolute atomic E-state index is 13.5. The van der Waals surface area contributed by atoms with E-state index in [0.717, 1.165) is 28.2 Å². The molecule has 14 nitrogen and oxygen atoms in total. The summed E-state index contributed by atoms with van der Waals surface area (Å²) in [6.07, 6.45) is -1.94. The summed E-state index contributed by atoms with van der Waals surface area (Å²) in [4.78, 5) is 58.4. The lowest BCUT2D eigenvalue weighted by Gasteiger charge is -2.31. The highest BCUT2D eigenvalue weighted by atomic mass is 35.5. The molecule has 0 saturated carbocycles. The van der Waals surface area contributed by atoms with Crippen molar-refractivity contribution in [3.63, 3.8) is 0 Å². The lowest BCUT2D eigenvalue weighted by atomic mass is 9.93. The summed E-state index contributed by atoms with van der Waals surface area (Å²) in [6, 6.07) is 13.3. The molecule has 0 spiro atoms. The molecule has 1 fully saturated rings. The molecule has 4 aromatic rings. The Hall–Kier alpha value is -6.25. The number of aliphatic carboxylic acids is 2. The van der Waals surface area contributed by atoms with Crippen LogP contribution < -0.4 is 21.3 Å². The van der Waals surface area contributed by atoms with Gasteiger partial charge < -0.3 is 36.4 Å². The number of aryl methyl sites for hydroxylation is 2. The summed E-state index contributed by atoms with van der Waals surface area (Å²) < 4.78 is 76.9. The van der Waals surface area contributed by atoms with E-state index in [4.69, 9.17) is 31.4 Å². The molecule has 0 atom stereocenters. The molecule has 304 valence electrons. The number of halogens is 8. The van der Waals surface area contributed by atoms with E-state index in [9.17, 15) is 40.3 Å². The number of carbonyl (C=O) groups is 4. The zero-order chi connectivity index (χ0) is 41.9. The van der Waals surface area contributed by atoms with E-state index in [0.29, 0.717) is 67.7 Å². The van der Waals surface area contributed by atoms with Crippen LogP contribution in [0.1, 0.15) is 30.4 Å². The SMILES string of the molecule is O=C(CC1CCN(C(=O)Nc2cccc(F)c2)CC1)Nc1ccc2cc1CCc1cncc(c1)Nc1ncc(Cl)c(n1)N2.O=C(O)C(F)(F)F.O=C(O)C(F)(F)F. The largest absolute Gasteiger partial charge is 0.490 e. The Kier molecular flexibility index (Phi) is 14.5. The third-order valence-corrected chi connectivity index (χ3v) is 8.33. The second kappa shape index (κ2) is 19.1. The van der Waals surface area contributed by atoms with Crippen molar-refractivity contribution in [1.82, 2.24) is 19.9 Å². The number of carboxylic acid groups (broad SMARTS) is 2. The Balaban J connectivity index is 0.000000440. The molecular weight excluding hydrogens is 797 g/mol. The predicted octanol–water partition coefficient (Wildman–Crippen LogP) is 7.79. The van der Waals surface area contributed by atoms with Crippen LogP contribution in [0.3, 0.4) is 0 Å². The monoisotopic (exact) mass is 828 g/mol. The quantitative estimate of drug-likeness (QED) is 0.110. The molecule has 6 bridgehead atoms. The number of nitrogens with one attached hydrogen (secondary N) is 4. The maximum Gasteiger partial charge on any atom is 0.490 e. The number of hydrogen-bond donors (Lipinski definition) is 6. The molecule has 2 aliphatic rings. The Morgan fingerprint density at radius 2 is 1.51 bits per heavy atom. The summed E-state index contributed by atoms with van der Waals surface area (Å²) in [5.41, 5.74) is 4.71. The van der Waals surface area contributed by atoms with Gasteiger partial charge in [0.05, 0.1) is 18.1 Å². The van der Waals surface area contributed by atoms with Crippen molar-refractivity contribution >= 4 is 70.0 Å². The van der Waals surface area contributed by atoms with Crippen molar-refractivity contribution in [3.8, 4) is 0 Å². The van der Waals surface area contributed by atoms with Gasteiger partial charge in [0, 0.05) is 42.8 Å². The number of likely N-dealkylation sites (tertiary alicyclic amines) is 1. The fourth-order valence-electron chi connectivity index (χ4n) is 5.33. The molecule has 2 aliphatic heterocycles. The average Bonchev–Trinajstić information content (AvgIpc) is 3.13. The van der Waals surface area contributed by atoms with Crippen LogP contribution in [0.4, 0.5) is 70.0 Å². The molecule has 2 aromatic carbocycles. The van der Waals surface area contributed by atoms with Crippen LogP contribution in [0.15, 0.2) is 67.1 Å². The molecule has 3 amide bonds. The number of pyridine rings is 1. The van der Waals surface area contributed by atoms with Crippen molar-refractivity contribution in [2.75, 3.05) is 34.4 Å². The van der Waals surface area contributed by atoms with E-state index in [2.05, 4.69) is 36.2 Å². The first-order chi connectivity index (χ1) is 26.8. The fraction of sp³-hybridized carbons (Fsp3) is 0.286. The molecule has 22 heteroatoms. The number of fused-ring (bicyclic) bond motifs is 6. The third-order valence-electron chi connectivity index (χ3n) is 8.06. The van der Waals surface area contributed by atoms with Crippen molar-refractivity contribution < 1.29 is 60.1 Å². The minimum atomic E-state index is -5.08. The highest BCUT2D eigenvalue weighted by Crippen LogP contribution is 2.30. The van der Waals surface area contributed by atoms with Gasteiger partial charge in [-0.3, -0.25) is 9.78 Å². The van der Waals surface area contributed by atoms with Gasteiger partial charge in [-0.25, -0.2) is 23.8 Å². The average molecular weight is 829 g/mol. The van der Waals surface area contributed by atoms with Crippen LogP contribution in [0.5, 0.6) is 0 Å². The molecule has 6 N–H and O–H groups in total. The van der Waals surface area contributed by atoms with Crippen molar-refractivity contribution in [2.45, 2.75) is 44.5 Å². The first-order valence-electron chi connectivity index (χ1n) is 16.6. The number of carboxylic acids is 2. The van der Waals surface area contributed by atoms with E-state index >= 15 is 0 Å². The lowest BCUT2D eigenvalue weighted by molar-refractivity contribution is -0.193. The van der Waals surface area contributed by atoms with E-state index < -0.39 is 30.1 Å². The Morgan fingerprint density at radius 3 is 2.14 bits per heavy atom. The zero-order valence-electron chi connectivity index (χ0n) is 29.2. The number of benzene rings is 2. The number of aromatic nitrogens is 3. The summed E-state index contributed by atoms with van der Waals surface area (Å²) in [5.74, 6) is -4.98. The van der Waals surface area contributed by atoms with Crippen LogP contribution in [0.25, 0.3) is 0 Å². The summed E-state index contributed by atoms with van der Waals surface area (Å²) in [7, 11) is 0. The third kappa shape index (κ3) is 13.8. The van der Waals surface area contributed by atoms with Gasteiger partial charge in [-0.05, 0) is 85.2 Å².